The van der Waals surface area contributed by atoms with Gasteiger partial charge in [0.05, 0.1) is 11.0 Å². The van der Waals surface area contributed by atoms with Crippen molar-refractivity contribution in [3.63, 3.8) is 0 Å². The van der Waals surface area contributed by atoms with Crippen LogP contribution in [0.1, 0.15) is 117 Å². The van der Waals surface area contributed by atoms with Crippen LogP contribution in [0.3, 0.4) is 0 Å². The quantitative estimate of drug-likeness (QED) is 0.0722. The van der Waals surface area contributed by atoms with Crippen LogP contribution in [0.25, 0.3) is 0 Å². The third kappa shape index (κ3) is 5.83. The van der Waals surface area contributed by atoms with Gasteiger partial charge in [-0.25, -0.2) is 4.79 Å². The van der Waals surface area contributed by atoms with Gasteiger partial charge in [-0.05, 0) is 91.9 Å². The normalized spacial score (nSPS) is 34.7. The zero-order chi connectivity index (χ0) is 28.3. The lowest BCUT2D eigenvalue weighted by Crippen LogP contribution is -2.50. The molecule has 0 N–H and O–H groups in total. The number of fused-ring (bicyclic) bond motifs is 5. The van der Waals surface area contributed by atoms with E-state index < -0.39 is 11.1 Å². The number of unbranched alkanes of at least 4 members (excludes halogenated alkanes) is 5. The van der Waals surface area contributed by atoms with Crippen molar-refractivity contribution < 1.29 is 19.2 Å². The molecule has 1 aromatic carbocycles. The van der Waals surface area contributed by atoms with E-state index in [-0.39, 0.29) is 23.0 Å². The van der Waals surface area contributed by atoms with E-state index in [2.05, 4.69) is 26.8 Å². The molecule has 1 aromatic rings. The summed E-state index contributed by atoms with van der Waals surface area (Å²) in [7, 11) is 0. The van der Waals surface area contributed by atoms with Crippen molar-refractivity contribution in [1.82, 2.24) is 0 Å². The number of non-ortho nitro benzene ring substituents is 1. The van der Waals surface area contributed by atoms with Crippen LogP contribution in [-0.2, 0) is 4.74 Å². The highest BCUT2D eigenvalue weighted by Gasteiger charge is 2.58. The monoisotopic (exact) mass is 551 g/mol. The summed E-state index contributed by atoms with van der Waals surface area (Å²) in [6.45, 7) is 7.42. The fourth-order valence-electron chi connectivity index (χ4n) is 9.40. The van der Waals surface area contributed by atoms with Crippen LogP contribution >= 0.6 is 0 Å². The average molecular weight is 552 g/mol. The van der Waals surface area contributed by atoms with Gasteiger partial charge in [-0.1, -0.05) is 77.0 Å². The minimum Gasteiger partial charge on any atom is -0.430 e. The predicted octanol–water partition coefficient (Wildman–Crippen LogP) is 9.81. The van der Waals surface area contributed by atoms with Gasteiger partial charge in [0.25, 0.3) is 5.69 Å². The summed E-state index contributed by atoms with van der Waals surface area (Å²) >= 11 is 0. The molecule has 7 atom stereocenters. The van der Waals surface area contributed by atoms with E-state index in [0.29, 0.717) is 5.41 Å². The standard InChI is InChI=1S/C34H49NO5/c1-4-5-6-7-8-9-11-24-15-17-30-29-16-14-25-22-28(18-20-34(25,3)31(29)19-21-33(24,30)2)40-32(36)39-27-13-10-12-26(23-27)35(37)38/h10,12-14,23-24,28-31H,4-9,11,15-22H2,1-3H3/t24-,28-,29-,30-,31-,33+,34-/m0/s1. The Kier molecular flexibility index (Phi) is 8.92. The van der Waals surface area contributed by atoms with Crippen LogP contribution in [0.5, 0.6) is 5.75 Å². The maximum atomic E-state index is 12.5. The second-order valence-corrected chi connectivity index (χ2v) is 13.7. The Morgan fingerprint density at radius 2 is 1.82 bits per heavy atom. The van der Waals surface area contributed by atoms with Crippen molar-refractivity contribution in [2.75, 3.05) is 0 Å². The number of ether oxygens (including phenoxy) is 2. The SMILES string of the molecule is CCCCCCCC[C@H]1CC[C@H]2[C@@H]3CC=C4C[C@@H](OC(=O)Oc5cccc([N+](=O)[O-])c5)CC[C@]4(C)[C@H]3CC[C@]12C. The van der Waals surface area contributed by atoms with E-state index in [1.807, 2.05) is 0 Å². The molecule has 0 radical (unpaired) electrons. The number of carbonyl (C=O) groups is 1. The molecule has 0 unspecified atom stereocenters. The molecule has 220 valence electrons. The molecule has 4 aliphatic rings. The summed E-state index contributed by atoms with van der Waals surface area (Å²) in [5, 5.41) is 11.0. The lowest BCUT2D eigenvalue weighted by atomic mass is 9.47. The Bertz CT molecular complexity index is 1100. The van der Waals surface area contributed by atoms with Crippen molar-refractivity contribution in [2.24, 2.45) is 34.5 Å². The van der Waals surface area contributed by atoms with E-state index in [4.69, 9.17) is 9.47 Å². The van der Waals surface area contributed by atoms with Gasteiger partial charge in [-0.3, -0.25) is 10.1 Å². The molecule has 0 bridgehead atoms. The lowest BCUT2D eigenvalue weighted by Gasteiger charge is -2.58. The van der Waals surface area contributed by atoms with Gasteiger partial charge in [-0.2, -0.15) is 0 Å². The summed E-state index contributed by atoms with van der Waals surface area (Å²) in [6, 6.07) is 5.67. The Morgan fingerprint density at radius 3 is 2.62 bits per heavy atom. The van der Waals surface area contributed by atoms with E-state index in [1.165, 1.54) is 107 Å². The van der Waals surface area contributed by atoms with E-state index in [1.54, 1.807) is 0 Å². The number of nitro benzene ring substituents is 1. The average Bonchev–Trinajstić information content (AvgIpc) is 3.27. The van der Waals surface area contributed by atoms with Gasteiger partial charge in [0.2, 0.25) is 0 Å². The van der Waals surface area contributed by atoms with Crippen molar-refractivity contribution in [2.45, 2.75) is 123 Å². The first-order valence-electron chi connectivity index (χ1n) is 16.1. The van der Waals surface area contributed by atoms with Crippen LogP contribution < -0.4 is 4.74 Å². The Balaban J connectivity index is 1.17. The first-order chi connectivity index (χ1) is 19.2. The number of hydrogen-bond acceptors (Lipinski definition) is 5. The highest BCUT2D eigenvalue weighted by atomic mass is 16.7. The molecular weight excluding hydrogens is 502 g/mol. The number of allylic oxidation sites excluding steroid dienone is 1. The summed E-state index contributed by atoms with van der Waals surface area (Å²) < 4.78 is 11.0. The Morgan fingerprint density at radius 1 is 1.02 bits per heavy atom. The summed E-state index contributed by atoms with van der Waals surface area (Å²) in [6.07, 6.45) is 20.7. The summed E-state index contributed by atoms with van der Waals surface area (Å²) in [5.74, 6) is 3.42. The highest BCUT2D eigenvalue weighted by Crippen LogP contribution is 2.66. The number of hydrogen-bond donors (Lipinski definition) is 0. The molecule has 0 amide bonds. The van der Waals surface area contributed by atoms with Gasteiger partial charge in [0, 0.05) is 12.5 Å². The van der Waals surface area contributed by atoms with Crippen LogP contribution in [0, 0.1) is 44.6 Å². The van der Waals surface area contributed by atoms with Gasteiger partial charge in [0.1, 0.15) is 11.9 Å². The van der Waals surface area contributed by atoms with Gasteiger partial charge >= 0.3 is 6.16 Å². The number of nitro groups is 1. The van der Waals surface area contributed by atoms with E-state index in [9.17, 15) is 14.9 Å². The van der Waals surface area contributed by atoms with E-state index >= 15 is 0 Å². The molecule has 3 fully saturated rings. The zero-order valence-electron chi connectivity index (χ0n) is 24.9. The molecule has 4 aliphatic carbocycles. The summed E-state index contributed by atoms with van der Waals surface area (Å²) in [4.78, 5) is 23.1. The van der Waals surface area contributed by atoms with Gasteiger partial charge < -0.3 is 9.47 Å². The Hall–Kier alpha value is -2.37. The van der Waals surface area contributed by atoms with Crippen molar-refractivity contribution >= 4 is 11.8 Å². The largest absolute Gasteiger partial charge is 0.514 e. The number of nitrogens with zero attached hydrogens (tertiary/aromatic N) is 1. The van der Waals surface area contributed by atoms with Gasteiger partial charge in [-0.15, -0.1) is 0 Å². The highest BCUT2D eigenvalue weighted by molar-refractivity contribution is 5.64. The van der Waals surface area contributed by atoms with E-state index in [0.717, 1.165) is 42.9 Å². The minimum absolute atomic E-state index is 0.111. The fourth-order valence-corrected chi connectivity index (χ4v) is 9.40. The zero-order valence-corrected chi connectivity index (χ0v) is 24.9. The minimum atomic E-state index is -0.779. The molecule has 5 rings (SSSR count). The molecule has 6 nitrogen and oxygen atoms in total. The first kappa shape index (κ1) is 29.1. The molecule has 0 spiro atoms. The predicted molar refractivity (Wildman–Crippen MR) is 157 cm³/mol. The Labute approximate surface area is 240 Å². The maximum Gasteiger partial charge on any atom is 0.514 e. The molecule has 40 heavy (non-hydrogen) atoms. The van der Waals surface area contributed by atoms with Crippen LogP contribution in [-0.4, -0.2) is 17.2 Å². The second-order valence-electron chi connectivity index (χ2n) is 13.7. The first-order valence-corrected chi connectivity index (χ1v) is 16.1. The number of benzene rings is 1. The lowest BCUT2D eigenvalue weighted by molar-refractivity contribution is -0.384. The van der Waals surface area contributed by atoms with Crippen molar-refractivity contribution in [3.8, 4) is 5.75 Å². The van der Waals surface area contributed by atoms with Crippen LogP contribution in [0.15, 0.2) is 35.9 Å². The maximum absolute atomic E-state index is 12.5. The molecule has 6 heteroatoms. The topological polar surface area (TPSA) is 78.7 Å². The number of carbonyl (C=O) groups excluding carboxylic acids is 1. The third-order valence-corrected chi connectivity index (χ3v) is 11.7. The second kappa shape index (κ2) is 12.2. The third-order valence-electron chi connectivity index (χ3n) is 11.7. The summed E-state index contributed by atoms with van der Waals surface area (Å²) in [5.41, 5.74) is 2.08. The number of rotatable bonds is 10. The molecule has 0 aromatic heterocycles. The molecule has 0 aliphatic heterocycles. The smallest absolute Gasteiger partial charge is 0.430 e. The van der Waals surface area contributed by atoms with Crippen LogP contribution in [0.2, 0.25) is 0 Å². The van der Waals surface area contributed by atoms with Crippen molar-refractivity contribution in [1.29, 1.82) is 0 Å². The molecule has 0 heterocycles. The molecular formula is C34H49NO5. The fraction of sp³-hybridized carbons (Fsp3) is 0.735. The molecule has 0 saturated heterocycles. The van der Waals surface area contributed by atoms with Crippen molar-refractivity contribution in [3.05, 3.63) is 46.0 Å². The van der Waals surface area contributed by atoms with Gasteiger partial charge in [0.15, 0.2) is 0 Å². The molecule has 3 saturated carbocycles. The van der Waals surface area contributed by atoms with Crippen LogP contribution in [0.4, 0.5) is 10.5 Å².